The highest BCUT2D eigenvalue weighted by Crippen LogP contribution is 2.25. The second-order valence-corrected chi connectivity index (χ2v) is 4.48. The van der Waals surface area contributed by atoms with Crippen molar-refractivity contribution in [2.75, 3.05) is 23.9 Å². The molecule has 16 heavy (non-hydrogen) atoms. The molecule has 0 radical (unpaired) electrons. The third-order valence-electron chi connectivity index (χ3n) is 3.11. The molecule has 1 aliphatic rings. The average Bonchev–Trinajstić information content (AvgIpc) is 2.97. The molecule has 1 aliphatic heterocycles. The molecule has 1 unspecified atom stereocenters. The Morgan fingerprint density at radius 3 is 3.19 bits per heavy atom. The number of hydrogen-bond acceptors (Lipinski definition) is 3. The van der Waals surface area contributed by atoms with Crippen LogP contribution in [0.4, 0.5) is 5.82 Å². The lowest BCUT2D eigenvalue weighted by Crippen LogP contribution is -2.21. The van der Waals surface area contributed by atoms with Crippen LogP contribution in [0.15, 0.2) is 24.7 Å². The van der Waals surface area contributed by atoms with Crippen LogP contribution in [0.5, 0.6) is 0 Å². The summed E-state index contributed by atoms with van der Waals surface area (Å²) in [6, 6.07) is 2.00. The molecule has 2 aromatic rings. The van der Waals surface area contributed by atoms with Gasteiger partial charge in [0.1, 0.15) is 5.52 Å². The second kappa shape index (κ2) is 3.94. The maximum atomic E-state index is 5.89. The molecule has 3 rings (SSSR count). The summed E-state index contributed by atoms with van der Waals surface area (Å²) in [6.07, 6.45) is 6.62. The molecule has 0 N–H and O–H groups in total. The summed E-state index contributed by atoms with van der Waals surface area (Å²) in [7, 11) is 0. The average molecular weight is 237 g/mol. The predicted molar refractivity (Wildman–Crippen MR) is 64.0 cm³/mol. The molecule has 2 aromatic heterocycles. The summed E-state index contributed by atoms with van der Waals surface area (Å²) < 4.78 is 1.86. The first-order valence-corrected chi connectivity index (χ1v) is 6.01. The molecular weight excluding hydrogens is 224 g/mol. The number of alkyl halides is 1. The van der Waals surface area contributed by atoms with E-state index in [0.717, 1.165) is 36.7 Å². The van der Waals surface area contributed by atoms with Crippen molar-refractivity contribution in [3.63, 3.8) is 0 Å². The lowest BCUT2D eigenvalue weighted by molar-refractivity contribution is 0.666. The van der Waals surface area contributed by atoms with Crippen molar-refractivity contribution < 1.29 is 0 Å². The van der Waals surface area contributed by atoms with Crippen LogP contribution >= 0.6 is 11.6 Å². The summed E-state index contributed by atoms with van der Waals surface area (Å²) in [6.45, 7) is 2.04. The minimum Gasteiger partial charge on any atom is -0.354 e. The van der Waals surface area contributed by atoms with Gasteiger partial charge in [-0.1, -0.05) is 0 Å². The fourth-order valence-electron chi connectivity index (χ4n) is 2.24. The van der Waals surface area contributed by atoms with Crippen molar-refractivity contribution in [2.24, 2.45) is 5.92 Å². The quantitative estimate of drug-likeness (QED) is 0.746. The van der Waals surface area contributed by atoms with Crippen molar-refractivity contribution in [2.45, 2.75) is 6.42 Å². The number of fused-ring (bicyclic) bond motifs is 1. The number of aromatic nitrogens is 3. The molecule has 4 nitrogen and oxygen atoms in total. The number of hydrogen-bond donors (Lipinski definition) is 0. The summed E-state index contributed by atoms with van der Waals surface area (Å²) >= 11 is 5.89. The topological polar surface area (TPSA) is 33.4 Å². The van der Waals surface area contributed by atoms with Gasteiger partial charge < -0.3 is 4.90 Å². The molecule has 0 amide bonds. The molecule has 3 heterocycles. The first-order chi connectivity index (χ1) is 7.88. The molecule has 1 fully saturated rings. The zero-order valence-electron chi connectivity index (χ0n) is 8.88. The lowest BCUT2D eigenvalue weighted by Gasteiger charge is -2.17. The highest BCUT2D eigenvalue weighted by Gasteiger charge is 2.24. The number of rotatable bonds is 2. The highest BCUT2D eigenvalue weighted by molar-refractivity contribution is 6.18. The molecule has 0 saturated carbocycles. The van der Waals surface area contributed by atoms with Gasteiger partial charge in [0.2, 0.25) is 0 Å². The number of halogens is 1. The lowest BCUT2D eigenvalue weighted by atomic mass is 10.2. The van der Waals surface area contributed by atoms with E-state index >= 15 is 0 Å². The maximum Gasteiger partial charge on any atom is 0.154 e. The predicted octanol–water partition coefficient (Wildman–Crippen LogP) is 1.79. The molecule has 0 spiro atoms. The first-order valence-electron chi connectivity index (χ1n) is 5.48. The third-order valence-corrected chi connectivity index (χ3v) is 3.54. The normalized spacial score (nSPS) is 20.8. The van der Waals surface area contributed by atoms with Crippen LogP contribution in [-0.4, -0.2) is 33.6 Å². The van der Waals surface area contributed by atoms with Crippen molar-refractivity contribution in [1.29, 1.82) is 0 Å². The Morgan fingerprint density at radius 1 is 1.44 bits per heavy atom. The van der Waals surface area contributed by atoms with Gasteiger partial charge in [-0.15, -0.1) is 11.6 Å². The molecule has 1 saturated heterocycles. The van der Waals surface area contributed by atoms with Crippen LogP contribution in [0.1, 0.15) is 6.42 Å². The maximum absolute atomic E-state index is 5.89. The minimum atomic E-state index is 0.589. The Kier molecular flexibility index (Phi) is 2.44. The van der Waals surface area contributed by atoms with Gasteiger partial charge in [-0.25, -0.2) is 9.50 Å². The zero-order valence-corrected chi connectivity index (χ0v) is 9.64. The van der Waals surface area contributed by atoms with E-state index in [0.29, 0.717) is 5.92 Å². The van der Waals surface area contributed by atoms with Gasteiger partial charge in [0.05, 0.1) is 6.20 Å². The Balaban J connectivity index is 1.97. The molecule has 1 atom stereocenters. The van der Waals surface area contributed by atoms with E-state index in [2.05, 4.69) is 15.0 Å². The van der Waals surface area contributed by atoms with E-state index in [1.807, 2.05) is 16.8 Å². The van der Waals surface area contributed by atoms with Gasteiger partial charge in [0, 0.05) is 31.4 Å². The number of anilines is 1. The third kappa shape index (κ3) is 1.53. The molecule has 0 aromatic carbocycles. The standard InChI is InChI=1S/C11H13ClN4/c12-7-9-2-5-15(8-9)11-10-1-3-14-16(10)6-4-13-11/h1,3-4,6,9H,2,5,7-8H2. The van der Waals surface area contributed by atoms with Crippen LogP contribution in [-0.2, 0) is 0 Å². The fraction of sp³-hybridized carbons (Fsp3) is 0.455. The van der Waals surface area contributed by atoms with Crippen LogP contribution in [0, 0.1) is 5.92 Å². The fourth-order valence-corrected chi connectivity index (χ4v) is 2.49. The van der Waals surface area contributed by atoms with Crippen molar-refractivity contribution in [3.05, 3.63) is 24.7 Å². The summed E-state index contributed by atoms with van der Waals surface area (Å²) in [5.41, 5.74) is 1.07. The second-order valence-electron chi connectivity index (χ2n) is 4.17. The van der Waals surface area contributed by atoms with Crippen LogP contribution in [0.3, 0.4) is 0 Å². The van der Waals surface area contributed by atoms with Gasteiger partial charge in [0.25, 0.3) is 0 Å². The van der Waals surface area contributed by atoms with E-state index in [-0.39, 0.29) is 0 Å². The van der Waals surface area contributed by atoms with Gasteiger partial charge in [-0.3, -0.25) is 0 Å². The zero-order chi connectivity index (χ0) is 11.0. The van der Waals surface area contributed by atoms with E-state index in [1.54, 1.807) is 12.4 Å². The molecule has 0 bridgehead atoms. The van der Waals surface area contributed by atoms with E-state index in [9.17, 15) is 0 Å². The largest absolute Gasteiger partial charge is 0.354 e. The Bertz CT molecular complexity index is 495. The van der Waals surface area contributed by atoms with Crippen LogP contribution < -0.4 is 4.90 Å². The number of nitrogens with zero attached hydrogens (tertiary/aromatic N) is 4. The molecule has 84 valence electrons. The Labute approximate surface area is 98.8 Å². The minimum absolute atomic E-state index is 0.589. The first kappa shape index (κ1) is 9.90. The van der Waals surface area contributed by atoms with Gasteiger partial charge >= 0.3 is 0 Å². The van der Waals surface area contributed by atoms with Crippen LogP contribution in [0.2, 0.25) is 0 Å². The summed E-state index contributed by atoms with van der Waals surface area (Å²) in [4.78, 5) is 6.75. The SMILES string of the molecule is ClCC1CCN(c2nccn3nccc23)C1. The van der Waals surface area contributed by atoms with Crippen molar-refractivity contribution in [1.82, 2.24) is 14.6 Å². The summed E-state index contributed by atoms with van der Waals surface area (Å²) in [5.74, 6) is 2.35. The highest BCUT2D eigenvalue weighted by atomic mass is 35.5. The van der Waals surface area contributed by atoms with Gasteiger partial charge in [-0.2, -0.15) is 5.10 Å². The van der Waals surface area contributed by atoms with E-state index < -0.39 is 0 Å². The van der Waals surface area contributed by atoms with Gasteiger partial charge in [-0.05, 0) is 18.4 Å². The van der Waals surface area contributed by atoms with E-state index in [1.165, 1.54) is 0 Å². The molecule has 0 aliphatic carbocycles. The van der Waals surface area contributed by atoms with Gasteiger partial charge in [0.15, 0.2) is 5.82 Å². The van der Waals surface area contributed by atoms with Crippen LogP contribution in [0.25, 0.3) is 5.52 Å². The van der Waals surface area contributed by atoms with Crippen molar-refractivity contribution in [3.8, 4) is 0 Å². The smallest absolute Gasteiger partial charge is 0.154 e. The Morgan fingerprint density at radius 2 is 2.38 bits per heavy atom. The Hall–Kier alpha value is -1.29. The van der Waals surface area contributed by atoms with E-state index in [4.69, 9.17) is 11.6 Å². The molecule has 5 heteroatoms. The summed E-state index contributed by atoms with van der Waals surface area (Å²) in [5, 5.41) is 4.21. The monoisotopic (exact) mass is 236 g/mol. The molecular formula is C11H13ClN4. The van der Waals surface area contributed by atoms with Crippen molar-refractivity contribution >= 4 is 22.9 Å².